The highest BCUT2D eigenvalue weighted by Crippen LogP contribution is 2.45. The van der Waals surface area contributed by atoms with Crippen molar-refractivity contribution in [3.05, 3.63) is 0 Å². The summed E-state index contributed by atoms with van der Waals surface area (Å²) in [5.41, 5.74) is 0. The van der Waals surface area contributed by atoms with E-state index in [9.17, 15) is 4.79 Å². The Bertz CT molecular complexity index is 652. The molecule has 1 aliphatic carbocycles. The fourth-order valence-electron chi connectivity index (χ4n) is 3.23. The van der Waals surface area contributed by atoms with Crippen LogP contribution in [0.15, 0.2) is 0 Å². The Balaban J connectivity index is 3.14. The van der Waals surface area contributed by atoms with Gasteiger partial charge in [0.1, 0.15) is 5.78 Å². The molecule has 4 nitrogen and oxygen atoms in total. The van der Waals surface area contributed by atoms with Crippen LogP contribution in [0, 0.1) is 5.92 Å². The molecule has 0 aliphatic heterocycles. The van der Waals surface area contributed by atoms with Crippen molar-refractivity contribution in [2.75, 3.05) is 6.61 Å². The number of Topliss-reactive ketones (excluding diaryl/α,β-unsaturated/α-hetero) is 1. The molecule has 0 aromatic carbocycles. The minimum Gasteiger partial charge on any atom is -0.417 e. The highest BCUT2D eigenvalue weighted by Gasteiger charge is 2.52. The molecule has 0 unspecified atom stereocenters. The van der Waals surface area contributed by atoms with Gasteiger partial charge < -0.3 is 13.3 Å². The maximum atomic E-state index is 13.2. The zero-order chi connectivity index (χ0) is 25.6. The molecule has 0 spiro atoms. The molecular weight excluding hydrogens is 449 g/mol. The first-order chi connectivity index (χ1) is 13.9. The van der Waals surface area contributed by atoms with Crippen molar-refractivity contribution in [1.82, 2.24) is 0 Å². The molecule has 0 N–H and O–H groups in total. The first-order valence-electron chi connectivity index (χ1n) is 12.5. The molecule has 190 valence electrons. The van der Waals surface area contributed by atoms with Crippen molar-refractivity contribution in [3.8, 4) is 0 Å². The number of hydrogen-bond donors (Lipinski definition) is 0. The zero-order valence-corrected chi connectivity index (χ0v) is 27.0. The Labute approximate surface area is 203 Å². The van der Waals surface area contributed by atoms with E-state index >= 15 is 0 Å². The van der Waals surface area contributed by atoms with Gasteiger partial charge in [0.25, 0.3) is 0 Å². The van der Waals surface area contributed by atoms with Crippen LogP contribution in [0.1, 0.15) is 75.2 Å². The van der Waals surface area contributed by atoms with Gasteiger partial charge in [-0.25, -0.2) is 0 Å². The first-order valence-corrected chi connectivity index (χ1v) is 21.2. The average Bonchev–Trinajstić information content (AvgIpc) is 2.78. The van der Waals surface area contributed by atoms with Crippen LogP contribution < -0.4 is 0 Å². The van der Waals surface area contributed by atoms with E-state index in [1.807, 2.05) is 0 Å². The average molecular weight is 503 g/mol. The fourth-order valence-corrected chi connectivity index (χ4v) is 6.97. The van der Waals surface area contributed by atoms with Gasteiger partial charge in [0.2, 0.25) is 0 Å². The predicted octanol–water partition coefficient (Wildman–Crippen LogP) is 7.77. The van der Waals surface area contributed by atoms with E-state index in [4.69, 9.17) is 13.3 Å². The van der Waals surface area contributed by atoms with E-state index in [2.05, 4.69) is 102 Å². The largest absolute Gasteiger partial charge is 0.417 e. The summed E-state index contributed by atoms with van der Waals surface area (Å²) in [7, 11) is -5.92. The third-order valence-corrected chi connectivity index (χ3v) is 22.3. The molecule has 7 heteroatoms. The third-order valence-electron chi connectivity index (χ3n) is 8.77. The van der Waals surface area contributed by atoms with Gasteiger partial charge in [-0.05, 0) is 60.8 Å². The smallest absolute Gasteiger partial charge is 0.192 e. The van der Waals surface area contributed by atoms with Gasteiger partial charge >= 0.3 is 0 Å². The molecule has 0 heterocycles. The summed E-state index contributed by atoms with van der Waals surface area (Å²) in [4.78, 5) is 13.2. The van der Waals surface area contributed by atoms with Crippen LogP contribution in [0.4, 0.5) is 0 Å². The lowest BCUT2D eigenvalue weighted by Crippen LogP contribution is -2.51. The van der Waals surface area contributed by atoms with E-state index < -0.39 is 25.0 Å². The van der Waals surface area contributed by atoms with E-state index in [-0.39, 0.29) is 39.0 Å². The Morgan fingerprint density at radius 2 is 1.12 bits per heavy atom. The van der Waals surface area contributed by atoms with Crippen LogP contribution in [0.2, 0.25) is 54.4 Å². The first kappa shape index (κ1) is 30.2. The van der Waals surface area contributed by atoms with Gasteiger partial charge in [-0.3, -0.25) is 4.79 Å². The normalized spacial score (nSPS) is 24.3. The highest BCUT2D eigenvalue weighted by molar-refractivity contribution is 6.75. The topological polar surface area (TPSA) is 44.8 Å². The van der Waals surface area contributed by atoms with Gasteiger partial charge in [0, 0.05) is 18.9 Å². The summed E-state index contributed by atoms with van der Waals surface area (Å²) >= 11 is 0. The maximum absolute atomic E-state index is 13.2. The summed E-state index contributed by atoms with van der Waals surface area (Å²) in [6.45, 7) is 34.6. The molecule has 1 rings (SSSR count). The molecule has 0 radical (unpaired) electrons. The lowest BCUT2D eigenvalue weighted by molar-refractivity contribution is -0.122. The van der Waals surface area contributed by atoms with Crippen LogP contribution in [0.25, 0.3) is 0 Å². The summed E-state index contributed by atoms with van der Waals surface area (Å²) in [5.74, 6) is 0.153. The number of hydrogen-bond acceptors (Lipinski definition) is 4. The molecule has 0 amide bonds. The van der Waals surface area contributed by atoms with Gasteiger partial charge in [-0.1, -0.05) is 62.3 Å². The number of carbonyl (C=O) groups is 1. The minimum absolute atomic E-state index is 0.0857. The van der Waals surface area contributed by atoms with Crippen molar-refractivity contribution >= 4 is 30.7 Å². The van der Waals surface area contributed by atoms with E-state index in [0.29, 0.717) is 13.0 Å². The molecule has 1 aliphatic rings. The van der Waals surface area contributed by atoms with Crippen LogP contribution in [-0.2, 0) is 18.1 Å². The summed E-state index contributed by atoms with van der Waals surface area (Å²) in [6.07, 6.45) is 0.884. The molecule has 1 saturated carbocycles. The molecule has 3 atom stereocenters. The summed E-state index contributed by atoms with van der Waals surface area (Å²) < 4.78 is 20.2. The molecule has 1 fully saturated rings. The monoisotopic (exact) mass is 502 g/mol. The van der Waals surface area contributed by atoms with E-state index in [1.54, 1.807) is 0 Å². The van der Waals surface area contributed by atoms with Crippen molar-refractivity contribution in [2.24, 2.45) is 5.92 Å². The minimum atomic E-state index is -2.06. The Morgan fingerprint density at radius 1 is 0.719 bits per heavy atom. The lowest BCUT2D eigenvalue weighted by Gasteiger charge is -2.44. The highest BCUT2D eigenvalue weighted by atomic mass is 28.4. The van der Waals surface area contributed by atoms with Crippen LogP contribution >= 0.6 is 0 Å². The quantitative estimate of drug-likeness (QED) is 0.318. The maximum Gasteiger partial charge on any atom is 0.192 e. The van der Waals surface area contributed by atoms with E-state index in [0.717, 1.165) is 6.42 Å². The molecule has 0 aromatic heterocycles. The molecular formula is C25H54O4Si3. The Hall–Kier alpha value is 0.201. The number of rotatable bonds is 8. The Kier molecular flexibility index (Phi) is 9.15. The van der Waals surface area contributed by atoms with Crippen molar-refractivity contribution in [1.29, 1.82) is 0 Å². The van der Waals surface area contributed by atoms with Gasteiger partial charge in [-0.2, -0.15) is 0 Å². The molecule has 0 aromatic rings. The van der Waals surface area contributed by atoms with Crippen LogP contribution in [-0.4, -0.2) is 49.6 Å². The predicted molar refractivity (Wildman–Crippen MR) is 145 cm³/mol. The Morgan fingerprint density at radius 3 is 1.53 bits per heavy atom. The molecule has 0 saturated heterocycles. The van der Waals surface area contributed by atoms with E-state index in [1.165, 1.54) is 0 Å². The zero-order valence-electron chi connectivity index (χ0n) is 24.0. The van der Waals surface area contributed by atoms with Gasteiger partial charge in [0.05, 0.1) is 12.2 Å². The lowest BCUT2D eigenvalue weighted by atomic mass is 10.0. The van der Waals surface area contributed by atoms with Gasteiger partial charge in [0.15, 0.2) is 25.0 Å². The third kappa shape index (κ3) is 7.11. The van der Waals surface area contributed by atoms with Crippen molar-refractivity contribution in [3.63, 3.8) is 0 Å². The second-order valence-corrected chi connectivity index (χ2v) is 28.8. The van der Waals surface area contributed by atoms with Crippen molar-refractivity contribution in [2.45, 2.75) is 142 Å². The fraction of sp³-hybridized carbons (Fsp3) is 0.960. The van der Waals surface area contributed by atoms with Crippen molar-refractivity contribution < 1.29 is 18.1 Å². The number of carbonyl (C=O) groups excluding carboxylic acids is 1. The SMILES string of the molecule is CC(C)(C)[Si](C)(C)OCC[C@@H]1C(=O)C[C@@H](O[Si](C)(C)C(C)(C)C)[C@H]1O[Si](C)(C)C(C)(C)C. The molecule has 0 bridgehead atoms. The second-order valence-electron chi connectivity index (χ2n) is 14.4. The summed E-state index contributed by atoms with van der Waals surface area (Å²) in [6, 6.07) is 0. The molecule has 32 heavy (non-hydrogen) atoms. The second kappa shape index (κ2) is 9.69. The van der Waals surface area contributed by atoms with Crippen LogP contribution in [0.5, 0.6) is 0 Å². The standard InChI is InChI=1S/C25H54O4Si3/c1-23(2,3)30(10,11)27-17-16-19-20(26)18-21(28-31(12,13)24(4,5)6)22(19)29-32(14,15)25(7,8)9/h19,21-22H,16-18H2,1-15H3/t19-,21-,22+/m1/s1. The number of ketones is 1. The van der Waals surface area contributed by atoms with Gasteiger partial charge in [-0.15, -0.1) is 0 Å². The summed E-state index contributed by atoms with van der Waals surface area (Å²) in [5, 5.41) is 0.348. The van der Waals surface area contributed by atoms with Crippen LogP contribution in [0.3, 0.4) is 0 Å².